The molecule has 1 unspecified atom stereocenters. The zero-order valence-electron chi connectivity index (χ0n) is 10.7. The number of hydrogen-bond acceptors (Lipinski definition) is 4. The molecule has 19 heavy (non-hydrogen) atoms. The first-order valence-electron chi connectivity index (χ1n) is 6.26. The van der Waals surface area contributed by atoms with Crippen LogP contribution in [0.25, 0.3) is 0 Å². The monoisotopic (exact) mass is 276 g/mol. The van der Waals surface area contributed by atoms with Crippen molar-refractivity contribution in [1.29, 1.82) is 0 Å². The summed E-state index contributed by atoms with van der Waals surface area (Å²) < 4.78 is 0. The van der Waals surface area contributed by atoms with Crippen LogP contribution >= 0.6 is 11.3 Å². The maximum Gasteiger partial charge on any atom is 0.240 e. The number of fused-ring (bicyclic) bond motifs is 1. The fraction of sp³-hybridized carbons (Fsp3) is 0.385. The standard InChI is InChI=1S/C13H16N4OS/c1-17(7-9-3-2-4-19-9)13(18)11-5-10-12(6-14-11)16-8-15-10/h2-4,8,11,14H,5-7H2,1H3,(H,15,16). The Morgan fingerprint density at radius 1 is 1.63 bits per heavy atom. The largest absolute Gasteiger partial charge is 0.347 e. The van der Waals surface area contributed by atoms with Crippen molar-refractivity contribution in [2.24, 2.45) is 0 Å². The number of rotatable bonds is 3. The third-order valence-electron chi connectivity index (χ3n) is 3.38. The summed E-state index contributed by atoms with van der Waals surface area (Å²) in [6.07, 6.45) is 2.35. The Labute approximate surface area is 115 Å². The van der Waals surface area contributed by atoms with Crippen LogP contribution in [0.1, 0.15) is 16.3 Å². The molecule has 0 bridgehead atoms. The molecule has 0 saturated heterocycles. The second-order valence-electron chi connectivity index (χ2n) is 4.74. The van der Waals surface area contributed by atoms with Crippen molar-refractivity contribution in [1.82, 2.24) is 20.2 Å². The van der Waals surface area contributed by atoms with Gasteiger partial charge in [0.25, 0.3) is 0 Å². The predicted molar refractivity (Wildman–Crippen MR) is 73.7 cm³/mol. The molecular formula is C13H16N4OS. The smallest absolute Gasteiger partial charge is 0.240 e. The number of nitrogens with zero attached hydrogens (tertiary/aromatic N) is 2. The van der Waals surface area contributed by atoms with E-state index >= 15 is 0 Å². The fourth-order valence-electron chi connectivity index (χ4n) is 2.32. The van der Waals surface area contributed by atoms with E-state index in [2.05, 4.69) is 21.4 Å². The molecule has 2 N–H and O–H groups in total. The number of hydrogen-bond donors (Lipinski definition) is 2. The topological polar surface area (TPSA) is 61.0 Å². The van der Waals surface area contributed by atoms with Crippen molar-refractivity contribution in [2.75, 3.05) is 7.05 Å². The number of thiophene rings is 1. The van der Waals surface area contributed by atoms with E-state index in [9.17, 15) is 4.79 Å². The molecule has 0 radical (unpaired) electrons. The number of carbonyl (C=O) groups is 1. The van der Waals surface area contributed by atoms with Gasteiger partial charge in [-0.05, 0) is 11.4 Å². The lowest BCUT2D eigenvalue weighted by atomic mass is 10.0. The number of carbonyl (C=O) groups excluding carboxylic acids is 1. The Kier molecular flexibility index (Phi) is 3.35. The van der Waals surface area contributed by atoms with Crippen molar-refractivity contribution in [2.45, 2.75) is 25.6 Å². The summed E-state index contributed by atoms with van der Waals surface area (Å²) in [6, 6.07) is 3.89. The third kappa shape index (κ3) is 2.54. The van der Waals surface area contributed by atoms with Crippen LogP contribution in [-0.4, -0.2) is 33.9 Å². The second kappa shape index (κ2) is 5.14. The van der Waals surface area contributed by atoms with Gasteiger partial charge in [0.2, 0.25) is 5.91 Å². The average molecular weight is 276 g/mol. The first kappa shape index (κ1) is 12.4. The molecule has 2 aromatic heterocycles. The number of H-pyrrole nitrogens is 1. The van der Waals surface area contributed by atoms with Gasteiger partial charge in [-0.2, -0.15) is 0 Å². The van der Waals surface area contributed by atoms with Crippen LogP contribution in [0.2, 0.25) is 0 Å². The van der Waals surface area contributed by atoms with Gasteiger partial charge in [-0.1, -0.05) is 6.07 Å². The van der Waals surface area contributed by atoms with Gasteiger partial charge >= 0.3 is 0 Å². The van der Waals surface area contributed by atoms with Crippen LogP contribution in [0.5, 0.6) is 0 Å². The Bertz CT molecular complexity index is 563. The van der Waals surface area contributed by atoms with Crippen molar-refractivity contribution in [3.63, 3.8) is 0 Å². The summed E-state index contributed by atoms with van der Waals surface area (Å²) in [5.41, 5.74) is 2.09. The Hall–Kier alpha value is -1.66. The number of amides is 1. The molecule has 0 aromatic carbocycles. The minimum Gasteiger partial charge on any atom is -0.347 e. The summed E-state index contributed by atoms with van der Waals surface area (Å²) in [6.45, 7) is 1.35. The number of likely N-dealkylation sites (N-methyl/N-ethyl adjacent to an activating group) is 1. The van der Waals surface area contributed by atoms with E-state index < -0.39 is 0 Å². The molecule has 100 valence electrons. The van der Waals surface area contributed by atoms with Crippen molar-refractivity contribution >= 4 is 17.2 Å². The van der Waals surface area contributed by atoms with E-state index in [0.29, 0.717) is 19.5 Å². The second-order valence-corrected chi connectivity index (χ2v) is 5.77. The highest BCUT2D eigenvalue weighted by Gasteiger charge is 2.27. The minimum absolute atomic E-state index is 0.127. The summed E-state index contributed by atoms with van der Waals surface area (Å²) in [4.78, 5) is 22.7. The highest BCUT2D eigenvalue weighted by atomic mass is 32.1. The highest BCUT2D eigenvalue weighted by molar-refractivity contribution is 7.09. The van der Waals surface area contributed by atoms with Crippen molar-refractivity contribution < 1.29 is 4.79 Å². The van der Waals surface area contributed by atoms with Crippen molar-refractivity contribution in [3.8, 4) is 0 Å². The fourth-order valence-corrected chi connectivity index (χ4v) is 3.08. The van der Waals surface area contributed by atoms with Gasteiger partial charge in [0, 0.05) is 24.9 Å². The van der Waals surface area contributed by atoms with Gasteiger partial charge < -0.3 is 9.88 Å². The number of nitrogens with one attached hydrogen (secondary N) is 2. The van der Waals surface area contributed by atoms with E-state index in [0.717, 1.165) is 11.4 Å². The lowest BCUT2D eigenvalue weighted by Crippen LogP contribution is -2.48. The lowest BCUT2D eigenvalue weighted by molar-refractivity contribution is -0.132. The zero-order chi connectivity index (χ0) is 13.2. The summed E-state index contributed by atoms with van der Waals surface area (Å²) >= 11 is 1.67. The van der Waals surface area contributed by atoms with Crippen LogP contribution in [0.3, 0.4) is 0 Å². The first-order chi connectivity index (χ1) is 9.24. The molecule has 0 spiro atoms. The molecule has 6 heteroatoms. The van der Waals surface area contributed by atoms with Crippen molar-refractivity contribution in [3.05, 3.63) is 40.1 Å². The maximum absolute atomic E-state index is 12.4. The van der Waals surface area contributed by atoms with E-state index in [1.165, 1.54) is 4.88 Å². The van der Waals surface area contributed by atoms with Gasteiger partial charge in [-0.25, -0.2) is 4.98 Å². The zero-order valence-corrected chi connectivity index (χ0v) is 11.5. The summed E-state index contributed by atoms with van der Waals surface area (Å²) in [5, 5.41) is 5.29. The van der Waals surface area contributed by atoms with Gasteiger partial charge in [-0.15, -0.1) is 11.3 Å². The van der Waals surface area contributed by atoms with Gasteiger partial charge in [0.15, 0.2) is 0 Å². The van der Waals surface area contributed by atoms with Gasteiger partial charge in [0.1, 0.15) is 0 Å². The lowest BCUT2D eigenvalue weighted by Gasteiger charge is -2.26. The van der Waals surface area contributed by atoms with E-state index in [4.69, 9.17) is 0 Å². The average Bonchev–Trinajstić information content (AvgIpc) is 3.07. The number of aromatic nitrogens is 2. The first-order valence-corrected chi connectivity index (χ1v) is 7.14. The molecule has 5 nitrogen and oxygen atoms in total. The molecule has 2 aromatic rings. The molecule has 1 amide bonds. The van der Waals surface area contributed by atoms with Gasteiger partial charge in [0.05, 0.1) is 30.3 Å². The molecule has 0 fully saturated rings. The van der Waals surface area contributed by atoms with Crippen LogP contribution in [0.4, 0.5) is 0 Å². The van der Waals surface area contributed by atoms with Crippen LogP contribution in [-0.2, 0) is 24.3 Å². The molecule has 3 rings (SSSR count). The molecular weight excluding hydrogens is 260 g/mol. The van der Waals surface area contributed by atoms with E-state index in [-0.39, 0.29) is 11.9 Å². The summed E-state index contributed by atoms with van der Waals surface area (Å²) in [5.74, 6) is 0.127. The normalized spacial score (nSPS) is 18.1. The van der Waals surface area contributed by atoms with Crippen LogP contribution < -0.4 is 5.32 Å². The predicted octanol–water partition coefficient (Wildman–Crippen LogP) is 1.14. The highest BCUT2D eigenvalue weighted by Crippen LogP contribution is 2.16. The minimum atomic E-state index is -0.166. The van der Waals surface area contributed by atoms with Crippen LogP contribution in [0.15, 0.2) is 23.8 Å². The molecule has 3 heterocycles. The van der Waals surface area contributed by atoms with Crippen LogP contribution in [0, 0.1) is 0 Å². The number of imidazole rings is 1. The molecule has 1 aliphatic rings. The van der Waals surface area contributed by atoms with Gasteiger partial charge in [-0.3, -0.25) is 10.1 Å². The molecule has 0 aliphatic carbocycles. The Morgan fingerprint density at radius 2 is 2.53 bits per heavy atom. The Morgan fingerprint density at radius 3 is 3.32 bits per heavy atom. The SMILES string of the molecule is CN(Cc1cccs1)C(=O)C1Cc2nc[nH]c2CN1. The quantitative estimate of drug-likeness (QED) is 0.884. The summed E-state index contributed by atoms with van der Waals surface area (Å²) in [7, 11) is 1.85. The molecule has 0 saturated carbocycles. The third-order valence-corrected chi connectivity index (χ3v) is 4.24. The molecule has 1 aliphatic heterocycles. The maximum atomic E-state index is 12.4. The van der Waals surface area contributed by atoms with E-state index in [1.807, 2.05) is 18.5 Å². The van der Waals surface area contributed by atoms with E-state index in [1.54, 1.807) is 22.6 Å². The number of aromatic amines is 1. The Balaban J connectivity index is 1.65. The molecule has 1 atom stereocenters.